The SMILES string of the molecule is c1ccc(-c2ccc(N(c3ccc(-c4ccccc4)cc3)c3ccc(-c4cc5c6ccccc6n(-c6ccc7sc8ccccc8c7c6)c5c5c4oc4ccccc45)cc3)cc2)cc1. The smallest absolute Gasteiger partial charge is 0.145 e. The number of nitrogens with zero attached hydrogens (tertiary/aromatic N) is 2. The Hall–Kier alpha value is -8.18. The molecule has 0 aliphatic rings. The second-order valence-electron chi connectivity index (χ2n) is 16.5. The van der Waals surface area contributed by atoms with E-state index in [0.717, 1.165) is 61.3 Å². The van der Waals surface area contributed by atoms with Crippen LogP contribution in [0.4, 0.5) is 17.1 Å². The molecule has 0 bridgehead atoms. The van der Waals surface area contributed by atoms with Gasteiger partial charge in [-0.3, -0.25) is 0 Å². The molecule has 0 spiro atoms. The van der Waals surface area contributed by atoms with Gasteiger partial charge < -0.3 is 13.9 Å². The molecule has 13 aromatic rings. The Balaban J connectivity index is 0.981. The first kappa shape index (κ1) is 36.5. The molecular formula is C60H38N2OS. The summed E-state index contributed by atoms with van der Waals surface area (Å²) in [4.78, 5) is 2.34. The van der Waals surface area contributed by atoms with Crippen molar-refractivity contribution in [2.75, 3.05) is 4.90 Å². The Morgan fingerprint density at radius 3 is 1.55 bits per heavy atom. The zero-order valence-electron chi connectivity index (χ0n) is 34.7. The Morgan fingerprint density at radius 1 is 0.375 bits per heavy atom. The van der Waals surface area contributed by atoms with E-state index >= 15 is 0 Å². The molecule has 0 fully saturated rings. The number of hydrogen-bond donors (Lipinski definition) is 0. The molecule has 0 saturated carbocycles. The van der Waals surface area contributed by atoms with Crippen molar-refractivity contribution in [3.8, 4) is 39.1 Å². The lowest BCUT2D eigenvalue weighted by Crippen LogP contribution is -2.09. The van der Waals surface area contributed by atoms with Gasteiger partial charge in [-0.1, -0.05) is 152 Å². The molecule has 0 amide bonds. The number of aromatic nitrogens is 1. The van der Waals surface area contributed by atoms with Gasteiger partial charge in [-0.25, -0.2) is 0 Å². The van der Waals surface area contributed by atoms with Crippen molar-refractivity contribution >= 4 is 92.3 Å². The Morgan fingerprint density at radius 2 is 0.891 bits per heavy atom. The monoisotopic (exact) mass is 834 g/mol. The molecule has 0 aliphatic carbocycles. The molecule has 10 aromatic carbocycles. The van der Waals surface area contributed by atoms with Crippen LogP contribution >= 0.6 is 11.3 Å². The maximum absolute atomic E-state index is 6.94. The molecule has 0 unspecified atom stereocenters. The van der Waals surface area contributed by atoms with Gasteiger partial charge in [0, 0.05) is 64.6 Å². The molecule has 4 heteroatoms. The Kier molecular flexibility index (Phi) is 8.40. The molecule has 3 nitrogen and oxygen atoms in total. The van der Waals surface area contributed by atoms with Gasteiger partial charge in [-0.15, -0.1) is 11.3 Å². The first-order valence-corrected chi connectivity index (χ1v) is 22.6. The predicted octanol–water partition coefficient (Wildman–Crippen LogP) is 17.5. The van der Waals surface area contributed by atoms with E-state index in [9.17, 15) is 0 Å². The minimum Gasteiger partial charge on any atom is -0.455 e. The molecule has 13 rings (SSSR count). The van der Waals surface area contributed by atoms with E-state index in [0.29, 0.717) is 0 Å². The van der Waals surface area contributed by atoms with Crippen LogP contribution in [-0.2, 0) is 0 Å². The molecule has 300 valence electrons. The van der Waals surface area contributed by atoms with Crippen LogP contribution in [0.1, 0.15) is 0 Å². The van der Waals surface area contributed by atoms with E-state index in [1.165, 1.54) is 58.7 Å². The number of benzene rings is 10. The van der Waals surface area contributed by atoms with Crippen molar-refractivity contribution in [1.82, 2.24) is 4.57 Å². The van der Waals surface area contributed by atoms with Crippen LogP contribution in [0.5, 0.6) is 0 Å². The third-order valence-electron chi connectivity index (χ3n) is 12.8. The van der Waals surface area contributed by atoms with Crippen LogP contribution < -0.4 is 4.90 Å². The standard InChI is InChI=1S/C60H38N2OS/c1-3-13-39(14-4-1)41-23-29-44(30-24-41)61(45-31-25-42(26-32-45)40-15-5-2-6-16-40)46-33-27-43(28-34-46)51-38-53-48-17-7-10-20-54(48)62(59(53)58-50-19-8-11-21-55(50)63-60(51)58)47-35-36-57-52(37-47)49-18-9-12-22-56(49)64-57/h1-38H. The lowest BCUT2D eigenvalue weighted by atomic mass is 9.98. The summed E-state index contributed by atoms with van der Waals surface area (Å²) in [6.07, 6.45) is 0. The highest BCUT2D eigenvalue weighted by atomic mass is 32.1. The first-order chi connectivity index (χ1) is 31.7. The second kappa shape index (κ2) is 14.7. The molecule has 0 N–H and O–H groups in total. The predicted molar refractivity (Wildman–Crippen MR) is 272 cm³/mol. The van der Waals surface area contributed by atoms with Crippen LogP contribution in [0.3, 0.4) is 0 Å². The van der Waals surface area contributed by atoms with E-state index in [2.05, 4.69) is 240 Å². The molecule has 3 aromatic heterocycles. The van der Waals surface area contributed by atoms with Crippen LogP contribution in [-0.4, -0.2) is 4.57 Å². The van der Waals surface area contributed by atoms with Crippen molar-refractivity contribution < 1.29 is 4.42 Å². The molecule has 0 atom stereocenters. The van der Waals surface area contributed by atoms with Gasteiger partial charge in [0.2, 0.25) is 0 Å². The number of rotatable bonds is 7. The highest BCUT2D eigenvalue weighted by Crippen LogP contribution is 2.47. The fraction of sp³-hybridized carbons (Fsp3) is 0. The maximum atomic E-state index is 6.94. The van der Waals surface area contributed by atoms with E-state index in [4.69, 9.17) is 4.42 Å². The fourth-order valence-electron chi connectivity index (χ4n) is 9.78. The summed E-state index contributed by atoms with van der Waals surface area (Å²) >= 11 is 1.85. The maximum Gasteiger partial charge on any atom is 0.145 e. The van der Waals surface area contributed by atoms with E-state index in [1.54, 1.807) is 0 Å². The summed E-state index contributed by atoms with van der Waals surface area (Å²) in [7, 11) is 0. The van der Waals surface area contributed by atoms with Crippen molar-refractivity contribution in [2.24, 2.45) is 0 Å². The van der Waals surface area contributed by atoms with Crippen LogP contribution in [0.25, 0.3) is 103 Å². The molecule has 0 radical (unpaired) electrons. The average molecular weight is 835 g/mol. The summed E-state index contributed by atoms with van der Waals surface area (Å²) < 4.78 is 12.0. The van der Waals surface area contributed by atoms with Gasteiger partial charge in [0.05, 0.1) is 16.4 Å². The number of anilines is 3. The second-order valence-corrected chi connectivity index (χ2v) is 17.5. The highest BCUT2D eigenvalue weighted by molar-refractivity contribution is 7.25. The van der Waals surface area contributed by atoms with E-state index in [1.807, 2.05) is 11.3 Å². The summed E-state index contributed by atoms with van der Waals surface area (Å²) in [6, 6.07) is 83.2. The van der Waals surface area contributed by atoms with Gasteiger partial charge in [0.1, 0.15) is 11.2 Å². The number of hydrogen-bond acceptors (Lipinski definition) is 3. The minimum absolute atomic E-state index is 0.878. The normalized spacial score (nSPS) is 11.8. The first-order valence-electron chi connectivity index (χ1n) is 21.7. The lowest BCUT2D eigenvalue weighted by molar-refractivity contribution is 0.670. The van der Waals surface area contributed by atoms with Gasteiger partial charge in [0.15, 0.2) is 0 Å². The lowest BCUT2D eigenvalue weighted by Gasteiger charge is -2.26. The number of para-hydroxylation sites is 2. The number of thiophene rings is 1. The quantitative estimate of drug-likeness (QED) is 0.159. The minimum atomic E-state index is 0.878. The van der Waals surface area contributed by atoms with Crippen molar-refractivity contribution in [2.45, 2.75) is 0 Å². The van der Waals surface area contributed by atoms with Crippen molar-refractivity contribution in [1.29, 1.82) is 0 Å². The zero-order valence-corrected chi connectivity index (χ0v) is 35.5. The third kappa shape index (κ3) is 5.88. The van der Waals surface area contributed by atoms with Gasteiger partial charge in [-0.2, -0.15) is 0 Å². The van der Waals surface area contributed by atoms with Crippen LogP contribution in [0, 0.1) is 0 Å². The van der Waals surface area contributed by atoms with Gasteiger partial charge in [-0.05, 0) is 107 Å². The van der Waals surface area contributed by atoms with E-state index < -0.39 is 0 Å². The number of furan rings is 1. The zero-order chi connectivity index (χ0) is 42.1. The van der Waals surface area contributed by atoms with Crippen LogP contribution in [0.15, 0.2) is 235 Å². The topological polar surface area (TPSA) is 21.3 Å². The van der Waals surface area contributed by atoms with Gasteiger partial charge >= 0.3 is 0 Å². The van der Waals surface area contributed by atoms with Gasteiger partial charge in [0.25, 0.3) is 0 Å². The molecule has 64 heavy (non-hydrogen) atoms. The van der Waals surface area contributed by atoms with Crippen molar-refractivity contribution in [3.63, 3.8) is 0 Å². The van der Waals surface area contributed by atoms with Crippen molar-refractivity contribution in [3.05, 3.63) is 231 Å². The molecular weight excluding hydrogens is 797 g/mol. The Bertz CT molecular complexity index is 3780. The average Bonchev–Trinajstić information content (AvgIpc) is 4.05. The number of fused-ring (bicyclic) bond motifs is 10. The molecule has 0 saturated heterocycles. The molecule has 0 aliphatic heterocycles. The summed E-state index contributed by atoms with van der Waals surface area (Å²) in [6.45, 7) is 0. The summed E-state index contributed by atoms with van der Waals surface area (Å²) in [5, 5.41) is 7.21. The van der Waals surface area contributed by atoms with E-state index in [-0.39, 0.29) is 0 Å². The molecule has 3 heterocycles. The fourth-order valence-corrected chi connectivity index (χ4v) is 10.9. The third-order valence-corrected chi connectivity index (χ3v) is 14.0. The summed E-state index contributed by atoms with van der Waals surface area (Å²) in [5.41, 5.74) is 15.4. The summed E-state index contributed by atoms with van der Waals surface area (Å²) in [5.74, 6) is 0. The van der Waals surface area contributed by atoms with Crippen LogP contribution in [0.2, 0.25) is 0 Å². The Labute approximate surface area is 373 Å². The highest BCUT2D eigenvalue weighted by Gasteiger charge is 2.23. The largest absolute Gasteiger partial charge is 0.455 e.